The molecule has 4 heteroatoms. The van der Waals surface area contributed by atoms with Crippen molar-refractivity contribution in [2.24, 2.45) is 0 Å². The molecule has 1 atom stereocenters. The molecule has 0 saturated carbocycles. The number of ketones is 2. The lowest BCUT2D eigenvalue weighted by Gasteiger charge is -2.12. The molecule has 0 bridgehead atoms. The van der Waals surface area contributed by atoms with Crippen molar-refractivity contribution in [1.29, 1.82) is 0 Å². The van der Waals surface area contributed by atoms with Crippen molar-refractivity contribution < 1.29 is 9.59 Å². The van der Waals surface area contributed by atoms with Crippen molar-refractivity contribution >= 4 is 23.3 Å². The summed E-state index contributed by atoms with van der Waals surface area (Å²) in [6.45, 7) is 3.46. The summed E-state index contributed by atoms with van der Waals surface area (Å²) in [5.41, 5.74) is 0. The van der Waals surface area contributed by atoms with Gasteiger partial charge in [0.15, 0.2) is 0 Å². The Balaban J connectivity index is 3.63. The maximum atomic E-state index is 11.3. The Bertz CT molecular complexity index is 195. The van der Waals surface area contributed by atoms with Gasteiger partial charge in [-0.25, -0.2) is 0 Å². The normalized spacial score (nSPS) is 12.5. The second-order valence-electron chi connectivity index (χ2n) is 3.19. The van der Waals surface area contributed by atoms with Gasteiger partial charge >= 0.3 is 0 Å². The van der Waals surface area contributed by atoms with Gasteiger partial charge in [-0.3, -0.25) is 9.59 Å². The number of likely N-dealkylation sites (N-methyl/N-ethyl adjacent to an activating group) is 1. The maximum Gasteiger partial charge on any atom is 0.150 e. The van der Waals surface area contributed by atoms with E-state index in [9.17, 15) is 9.59 Å². The smallest absolute Gasteiger partial charge is 0.150 e. The summed E-state index contributed by atoms with van der Waals surface area (Å²) in [5.74, 6) is 2.02. The van der Waals surface area contributed by atoms with Gasteiger partial charge in [0.05, 0.1) is 6.04 Å². The molecular weight excluding hydrogens is 198 g/mol. The minimum atomic E-state index is -0.0584. The Kier molecular flexibility index (Phi) is 7.80. The number of carbonyl (C=O) groups excluding carboxylic acids is 2. The average Bonchev–Trinajstić information content (AvgIpc) is 2.16. The molecule has 0 heterocycles. The predicted octanol–water partition coefficient (Wildman–Crippen LogP) is 1.27. The molecule has 0 aromatic carbocycles. The highest BCUT2D eigenvalue weighted by Gasteiger charge is 2.13. The third-order valence-corrected chi connectivity index (χ3v) is 3.03. The van der Waals surface area contributed by atoms with Crippen LogP contribution in [-0.4, -0.2) is 36.2 Å². The van der Waals surface area contributed by atoms with E-state index in [0.29, 0.717) is 12.8 Å². The van der Waals surface area contributed by atoms with Crippen LogP contribution in [-0.2, 0) is 9.59 Å². The van der Waals surface area contributed by atoms with Gasteiger partial charge in [-0.1, -0.05) is 6.92 Å². The first-order chi connectivity index (χ1) is 6.61. The fourth-order valence-electron chi connectivity index (χ4n) is 1.00. The average molecular weight is 217 g/mol. The van der Waals surface area contributed by atoms with Crippen LogP contribution in [0.1, 0.15) is 26.7 Å². The fraction of sp³-hybridized carbons (Fsp3) is 0.800. The molecule has 3 nitrogen and oxygen atoms in total. The number of nitrogens with one attached hydrogen (secondary N) is 1. The molecule has 82 valence electrons. The summed E-state index contributed by atoms with van der Waals surface area (Å²) in [5, 5.41) is 2.99. The lowest BCUT2D eigenvalue weighted by Crippen LogP contribution is -2.35. The highest BCUT2D eigenvalue weighted by atomic mass is 32.2. The molecule has 0 aromatic rings. The van der Waals surface area contributed by atoms with Crippen molar-refractivity contribution in [3.63, 3.8) is 0 Å². The van der Waals surface area contributed by atoms with Crippen molar-refractivity contribution in [1.82, 2.24) is 5.32 Å². The molecule has 0 radical (unpaired) electrons. The summed E-state index contributed by atoms with van der Waals surface area (Å²) in [6.07, 6.45) is 1.17. The van der Waals surface area contributed by atoms with E-state index in [1.54, 1.807) is 25.7 Å². The van der Waals surface area contributed by atoms with E-state index < -0.39 is 0 Å². The van der Waals surface area contributed by atoms with Crippen LogP contribution < -0.4 is 5.32 Å². The van der Waals surface area contributed by atoms with E-state index in [1.807, 2.05) is 6.92 Å². The largest absolute Gasteiger partial charge is 0.310 e. The molecule has 0 fully saturated rings. The summed E-state index contributed by atoms with van der Waals surface area (Å²) in [4.78, 5) is 22.0. The van der Waals surface area contributed by atoms with Crippen LogP contribution in [0, 0.1) is 0 Å². The van der Waals surface area contributed by atoms with E-state index in [4.69, 9.17) is 0 Å². The maximum absolute atomic E-state index is 11.3. The molecule has 0 aliphatic heterocycles. The van der Waals surface area contributed by atoms with Gasteiger partial charge in [-0.15, -0.1) is 0 Å². The number of carbonyl (C=O) groups is 2. The second-order valence-corrected chi connectivity index (χ2v) is 4.34. The van der Waals surface area contributed by atoms with E-state index in [-0.39, 0.29) is 17.6 Å². The van der Waals surface area contributed by atoms with Crippen LogP contribution in [0.4, 0.5) is 0 Å². The lowest BCUT2D eigenvalue weighted by molar-refractivity contribution is -0.120. The topological polar surface area (TPSA) is 46.2 Å². The van der Waals surface area contributed by atoms with E-state index in [0.717, 1.165) is 11.5 Å². The summed E-state index contributed by atoms with van der Waals surface area (Å²) >= 11 is 1.65. The number of thioether (sulfide) groups is 1. The monoisotopic (exact) mass is 217 g/mol. The van der Waals surface area contributed by atoms with E-state index in [1.165, 1.54) is 0 Å². The van der Waals surface area contributed by atoms with Crippen LogP contribution in [0.3, 0.4) is 0 Å². The summed E-state index contributed by atoms with van der Waals surface area (Å²) in [6, 6.07) is -0.0584. The predicted molar refractivity (Wildman–Crippen MR) is 60.8 cm³/mol. The summed E-state index contributed by atoms with van der Waals surface area (Å²) in [7, 11) is 1.80. The quantitative estimate of drug-likeness (QED) is 0.622. The Morgan fingerprint density at radius 1 is 1.43 bits per heavy atom. The molecular formula is C10H19NO2S. The number of Topliss-reactive ketones (excluding diaryl/α,β-unsaturated/α-hetero) is 2. The highest BCUT2D eigenvalue weighted by molar-refractivity contribution is 7.99. The molecule has 1 N–H and O–H groups in total. The SMILES string of the molecule is CCC(=O)[C@@H](CSCCC(C)=O)NC. The third-order valence-electron chi connectivity index (χ3n) is 1.97. The number of rotatable bonds is 8. The molecule has 14 heavy (non-hydrogen) atoms. The van der Waals surface area contributed by atoms with E-state index >= 15 is 0 Å². The molecule has 0 aliphatic rings. The standard InChI is InChI=1S/C10H19NO2S/c1-4-10(13)9(11-3)7-14-6-5-8(2)12/h9,11H,4-7H2,1-3H3/t9-/m1/s1. The first-order valence-corrected chi connectivity index (χ1v) is 6.04. The van der Waals surface area contributed by atoms with E-state index in [2.05, 4.69) is 5.32 Å². The first kappa shape index (κ1) is 13.7. The number of hydrogen-bond donors (Lipinski definition) is 1. The second kappa shape index (κ2) is 8.00. The van der Waals surface area contributed by atoms with Gasteiger partial charge in [0.25, 0.3) is 0 Å². The zero-order valence-corrected chi connectivity index (χ0v) is 9.95. The van der Waals surface area contributed by atoms with Crippen molar-refractivity contribution in [3.05, 3.63) is 0 Å². The van der Waals surface area contributed by atoms with Crippen molar-refractivity contribution in [3.8, 4) is 0 Å². The minimum Gasteiger partial charge on any atom is -0.310 e. The molecule has 0 rings (SSSR count). The number of hydrogen-bond acceptors (Lipinski definition) is 4. The Hall–Kier alpha value is -0.350. The van der Waals surface area contributed by atoms with Gasteiger partial charge in [-0.2, -0.15) is 11.8 Å². The van der Waals surface area contributed by atoms with Crippen LogP contribution in [0.25, 0.3) is 0 Å². The van der Waals surface area contributed by atoms with Gasteiger partial charge in [0.2, 0.25) is 0 Å². The minimum absolute atomic E-state index is 0.0584. The van der Waals surface area contributed by atoms with Crippen molar-refractivity contribution in [2.45, 2.75) is 32.7 Å². The first-order valence-electron chi connectivity index (χ1n) is 4.89. The zero-order chi connectivity index (χ0) is 11.0. The Labute approximate surface area is 90.0 Å². The molecule has 0 aliphatic carbocycles. The summed E-state index contributed by atoms with van der Waals surface area (Å²) < 4.78 is 0. The van der Waals surface area contributed by atoms with Crippen LogP contribution in [0.2, 0.25) is 0 Å². The van der Waals surface area contributed by atoms with Crippen LogP contribution in [0.5, 0.6) is 0 Å². The zero-order valence-electron chi connectivity index (χ0n) is 9.13. The van der Waals surface area contributed by atoms with Gasteiger partial charge in [0, 0.05) is 24.3 Å². The van der Waals surface area contributed by atoms with Crippen LogP contribution in [0.15, 0.2) is 0 Å². The van der Waals surface area contributed by atoms with Crippen molar-refractivity contribution in [2.75, 3.05) is 18.6 Å². The Morgan fingerprint density at radius 2 is 2.07 bits per heavy atom. The lowest BCUT2D eigenvalue weighted by atomic mass is 10.2. The fourth-order valence-corrected chi connectivity index (χ4v) is 2.19. The van der Waals surface area contributed by atoms with Gasteiger partial charge in [-0.05, 0) is 14.0 Å². The molecule has 0 saturated heterocycles. The highest BCUT2D eigenvalue weighted by Crippen LogP contribution is 2.06. The molecule has 0 amide bonds. The molecule has 0 aromatic heterocycles. The van der Waals surface area contributed by atoms with Gasteiger partial charge in [0.1, 0.15) is 11.6 Å². The van der Waals surface area contributed by atoms with Crippen LogP contribution >= 0.6 is 11.8 Å². The molecule has 0 spiro atoms. The molecule has 0 unspecified atom stereocenters. The Morgan fingerprint density at radius 3 is 2.50 bits per heavy atom. The third kappa shape index (κ3) is 6.16. The van der Waals surface area contributed by atoms with Gasteiger partial charge < -0.3 is 5.32 Å².